The second kappa shape index (κ2) is 9.76. The van der Waals surface area contributed by atoms with Crippen LogP contribution in [0, 0.1) is 0 Å². The quantitative estimate of drug-likeness (QED) is 0.209. The van der Waals surface area contributed by atoms with Crippen molar-refractivity contribution in [2.24, 2.45) is 10.2 Å². The van der Waals surface area contributed by atoms with Gasteiger partial charge >= 0.3 is 0 Å². The molecular weight excluding hydrogens is 420 g/mol. The lowest BCUT2D eigenvalue weighted by atomic mass is 9.88. The van der Waals surface area contributed by atoms with Crippen molar-refractivity contribution in [3.05, 3.63) is 53.5 Å². The van der Waals surface area contributed by atoms with Crippen LogP contribution in [0.2, 0.25) is 0 Å². The van der Waals surface area contributed by atoms with E-state index in [1.54, 1.807) is 23.1 Å². The van der Waals surface area contributed by atoms with Gasteiger partial charge in [0.25, 0.3) is 0 Å². The summed E-state index contributed by atoms with van der Waals surface area (Å²) in [5, 5.41) is 24.0. The number of pyridine rings is 2. The van der Waals surface area contributed by atoms with Crippen LogP contribution in [0.5, 0.6) is 5.88 Å². The van der Waals surface area contributed by atoms with Gasteiger partial charge in [-0.25, -0.2) is 19.7 Å². The lowest BCUT2D eigenvalue weighted by Gasteiger charge is -2.18. The van der Waals surface area contributed by atoms with Crippen molar-refractivity contribution in [2.45, 2.75) is 65.9 Å². The van der Waals surface area contributed by atoms with Crippen LogP contribution in [0.25, 0.3) is 5.82 Å². The number of azo groups is 1. The summed E-state index contributed by atoms with van der Waals surface area (Å²) < 4.78 is 1.63. The molecule has 0 saturated carbocycles. The Balaban J connectivity index is 2.17. The summed E-state index contributed by atoms with van der Waals surface area (Å²) in [5.74, 6) is 0.836. The minimum atomic E-state index is -0.301. The largest absolute Gasteiger partial charge is 0.492 e. The summed E-state index contributed by atoms with van der Waals surface area (Å²) in [6.07, 6.45) is 3.33. The van der Waals surface area contributed by atoms with Gasteiger partial charge in [0, 0.05) is 17.8 Å². The van der Waals surface area contributed by atoms with Crippen molar-refractivity contribution in [1.29, 1.82) is 0 Å². The van der Waals surface area contributed by atoms with E-state index < -0.39 is 0 Å². The van der Waals surface area contributed by atoms with E-state index in [0.29, 0.717) is 18.2 Å². The van der Waals surface area contributed by atoms with Gasteiger partial charge in [-0.1, -0.05) is 47.6 Å². The molecule has 0 atom stereocenters. The predicted octanol–water partition coefficient (Wildman–Crippen LogP) is 5.85. The van der Waals surface area contributed by atoms with E-state index in [1.807, 2.05) is 25.1 Å². The Kier molecular flexibility index (Phi) is 7.24. The molecule has 0 spiro atoms. The molecule has 3 aromatic heterocycles. The van der Waals surface area contributed by atoms with Crippen molar-refractivity contribution in [3.63, 3.8) is 0 Å². The van der Waals surface area contributed by atoms with Crippen molar-refractivity contribution >= 4 is 11.5 Å². The maximum Gasteiger partial charge on any atom is 0.239 e. The minimum Gasteiger partial charge on any atom is -0.492 e. The standard InChI is InChI=1S/C24H32N6O3/c1-8-32-33-15-17-20(24(5,6)7)29-30(19-11-9-10-12-25-19)21(17)28-27-18-13-16(23(2,3)4)14-26-22(18)31/h9-14H,8,15H2,1-7H3,(H,26,31)/b28-27+. The number of rotatable bonds is 7. The average molecular weight is 453 g/mol. The lowest BCUT2D eigenvalue weighted by molar-refractivity contribution is -0.300. The Labute approximate surface area is 194 Å². The van der Waals surface area contributed by atoms with Gasteiger partial charge in [0.05, 0.1) is 17.9 Å². The van der Waals surface area contributed by atoms with Crippen LogP contribution in [0.3, 0.4) is 0 Å². The summed E-state index contributed by atoms with van der Waals surface area (Å²) in [6, 6.07) is 7.33. The number of aromatic nitrogens is 4. The van der Waals surface area contributed by atoms with Crippen molar-refractivity contribution in [3.8, 4) is 11.7 Å². The van der Waals surface area contributed by atoms with E-state index in [0.717, 1.165) is 16.8 Å². The van der Waals surface area contributed by atoms with Crippen molar-refractivity contribution in [1.82, 2.24) is 19.7 Å². The average Bonchev–Trinajstić information content (AvgIpc) is 3.12. The fourth-order valence-corrected chi connectivity index (χ4v) is 3.13. The molecule has 0 fully saturated rings. The highest BCUT2D eigenvalue weighted by Gasteiger charge is 2.28. The van der Waals surface area contributed by atoms with Gasteiger partial charge in [-0.2, -0.15) is 9.78 Å². The van der Waals surface area contributed by atoms with Gasteiger partial charge in [0.1, 0.15) is 12.3 Å². The summed E-state index contributed by atoms with van der Waals surface area (Å²) in [5.41, 5.74) is 2.26. The highest BCUT2D eigenvalue weighted by atomic mass is 17.2. The zero-order valence-corrected chi connectivity index (χ0v) is 20.3. The second-order valence-electron chi connectivity index (χ2n) is 9.69. The van der Waals surface area contributed by atoms with Gasteiger partial charge in [0.2, 0.25) is 5.88 Å². The Hall–Kier alpha value is -3.17. The minimum absolute atomic E-state index is 0.133. The van der Waals surface area contributed by atoms with Crippen molar-refractivity contribution < 1.29 is 14.9 Å². The van der Waals surface area contributed by atoms with E-state index >= 15 is 0 Å². The summed E-state index contributed by atoms with van der Waals surface area (Å²) in [7, 11) is 0. The number of aromatic hydroxyl groups is 1. The Bertz CT molecular complexity index is 1110. The highest BCUT2D eigenvalue weighted by Crippen LogP contribution is 2.36. The number of nitrogens with zero attached hydrogens (tertiary/aromatic N) is 6. The SMILES string of the molecule is CCOOCc1c(C(C)(C)C)nn(-c2ccccn2)c1/N=N/c1cc(C(C)(C)C)cnc1O. The Morgan fingerprint density at radius 1 is 1.00 bits per heavy atom. The van der Waals surface area contributed by atoms with Gasteiger partial charge < -0.3 is 5.11 Å². The number of hydrogen-bond acceptors (Lipinski definition) is 8. The highest BCUT2D eigenvalue weighted by molar-refractivity contribution is 5.52. The fraction of sp³-hybridized carbons (Fsp3) is 0.458. The van der Waals surface area contributed by atoms with E-state index in [1.165, 1.54) is 0 Å². The van der Waals surface area contributed by atoms with E-state index in [9.17, 15) is 5.11 Å². The molecule has 9 heteroatoms. The Morgan fingerprint density at radius 2 is 1.76 bits per heavy atom. The molecule has 0 amide bonds. The molecule has 33 heavy (non-hydrogen) atoms. The molecule has 0 bridgehead atoms. The van der Waals surface area contributed by atoms with Crippen LogP contribution in [0.1, 0.15) is 65.3 Å². The third-order valence-electron chi connectivity index (χ3n) is 4.90. The Morgan fingerprint density at radius 3 is 2.36 bits per heavy atom. The molecule has 0 aliphatic carbocycles. The summed E-state index contributed by atoms with van der Waals surface area (Å²) in [6.45, 7) is 14.8. The molecule has 1 N–H and O–H groups in total. The monoisotopic (exact) mass is 452 g/mol. The van der Waals surface area contributed by atoms with E-state index in [-0.39, 0.29) is 29.0 Å². The van der Waals surface area contributed by atoms with Gasteiger partial charge in [-0.15, -0.1) is 10.2 Å². The van der Waals surface area contributed by atoms with Crippen LogP contribution < -0.4 is 0 Å². The summed E-state index contributed by atoms with van der Waals surface area (Å²) in [4.78, 5) is 19.0. The fourth-order valence-electron chi connectivity index (χ4n) is 3.13. The maximum atomic E-state index is 10.3. The first-order valence-corrected chi connectivity index (χ1v) is 10.9. The normalized spacial score (nSPS) is 12.6. The van der Waals surface area contributed by atoms with Gasteiger partial charge in [-0.05, 0) is 36.1 Å². The zero-order valence-electron chi connectivity index (χ0n) is 20.3. The number of hydrogen-bond donors (Lipinski definition) is 1. The zero-order chi connectivity index (χ0) is 24.2. The molecule has 0 saturated heterocycles. The second-order valence-corrected chi connectivity index (χ2v) is 9.69. The van der Waals surface area contributed by atoms with Crippen LogP contribution in [0.4, 0.5) is 11.5 Å². The van der Waals surface area contributed by atoms with E-state index in [4.69, 9.17) is 14.9 Å². The molecule has 0 aliphatic rings. The third-order valence-corrected chi connectivity index (χ3v) is 4.90. The first-order chi connectivity index (χ1) is 15.5. The first kappa shape index (κ1) is 24.5. The smallest absolute Gasteiger partial charge is 0.239 e. The maximum absolute atomic E-state index is 10.3. The third kappa shape index (κ3) is 5.80. The van der Waals surface area contributed by atoms with Crippen molar-refractivity contribution in [2.75, 3.05) is 6.61 Å². The van der Waals surface area contributed by atoms with E-state index in [2.05, 4.69) is 61.7 Å². The van der Waals surface area contributed by atoms with Crippen LogP contribution in [0.15, 0.2) is 46.9 Å². The molecule has 9 nitrogen and oxygen atoms in total. The molecular formula is C24H32N6O3. The predicted molar refractivity (Wildman–Crippen MR) is 125 cm³/mol. The summed E-state index contributed by atoms with van der Waals surface area (Å²) >= 11 is 0. The first-order valence-electron chi connectivity index (χ1n) is 10.9. The molecule has 0 aromatic carbocycles. The lowest BCUT2D eigenvalue weighted by Crippen LogP contribution is -2.15. The molecule has 0 radical (unpaired) electrons. The molecule has 176 valence electrons. The molecule has 3 rings (SSSR count). The molecule has 0 unspecified atom stereocenters. The van der Waals surface area contributed by atoms with Crippen LogP contribution in [-0.4, -0.2) is 31.5 Å². The van der Waals surface area contributed by atoms with Crippen LogP contribution in [-0.2, 0) is 27.2 Å². The van der Waals surface area contributed by atoms with Crippen LogP contribution >= 0.6 is 0 Å². The van der Waals surface area contributed by atoms with Gasteiger partial charge in [-0.3, -0.25) is 0 Å². The molecule has 0 aliphatic heterocycles. The molecule has 3 heterocycles. The topological polar surface area (TPSA) is 107 Å². The van der Waals surface area contributed by atoms with Gasteiger partial charge in [0.15, 0.2) is 11.6 Å². The molecule has 3 aromatic rings.